The number of nitrogens with zero attached hydrogens (tertiary/aromatic N) is 3. The van der Waals surface area contributed by atoms with Gasteiger partial charge in [-0.15, -0.1) is 0 Å². The first-order valence-corrected chi connectivity index (χ1v) is 7.55. The maximum Gasteiger partial charge on any atom is 0.165 e. The highest BCUT2D eigenvalue weighted by molar-refractivity contribution is 5.92. The molecule has 4 aromatic rings. The average Bonchev–Trinajstić information content (AvgIpc) is 3.00. The molecule has 0 aliphatic rings. The summed E-state index contributed by atoms with van der Waals surface area (Å²) in [7, 11) is 0. The summed E-state index contributed by atoms with van der Waals surface area (Å²) in [6, 6.07) is 16.7. The van der Waals surface area contributed by atoms with E-state index in [1.807, 2.05) is 43.3 Å². The van der Waals surface area contributed by atoms with Crippen LogP contribution in [0.15, 0.2) is 54.6 Å². The van der Waals surface area contributed by atoms with Gasteiger partial charge in [-0.25, -0.2) is 9.97 Å². The number of aromatic nitrogens is 4. The number of aromatic hydroxyl groups is 1. The number of phenols is 1. The minimum atomic E-state index is 0.148. The first-order valence-electron chi connectivity index (χ1n) is 7.55. The maximum atomic E-state index is 10.1. The van der Waals surface area contributed by atoms with Gasteiger partial charge in [0.2, 0.25) is 0 Å². The normalized spacial score (nSPS) is 10.9. The number of fused-ring (bicyclic) bond motifs is 1. The fourth-order valence-corrected chi connectivity index (χ4v) is 2.56. The van der Waals surface area contributed by atoms with Gasteiger partial charge in [0.25, 0.3) is 0 Å². The quantitative estimate of drug-likeness (QED) is 0.535. The molecule has 0 fully saturated rings. The Morgan fingerprint density at radius 2 is 1.79 bits per heavy atom. The van der Waals surface area contributed by atoms with Crippen molar-refractivity contribution in [1.29, 1.82) is 0 Å². The summed E-state index contributed by atoms with van der Waals surface area (Å²) in [5.74, 6) is 1.93. The molecule has 118 valence electrons. The molecule has 0 aliphatic heterocycles. The molecule has 0 radical (unpaired) electrons. The fraction of sp³-hybridized carbons (Fsp3) is 0.0556. The van der Waals surface area contributed by atoms with Crippen molar-refractivity contribution >= 4 is 22.5 Å². The molecule has 0 unspecified atom stereocenters. The lowest BCUT2D eigenvalue weighted by molar-refractivity contribution is 0.477. The van der Waals surface area contributed by atoms with Crippen LogP contribution in [0.5, 0.6) is 5.75 Å². The largest absolute Gasteiger partial charge is 0.507 e. The van der Waals surface area contributed by atoms with E-state index < -0.39 is 0 Å². The average molecular weight is 317 g/mol. The van der Waals surface area contributed by atoms with Gasteiger partial charge < -0.3 is 10.4 Å². The van der Waals surface area contributed by atoms with E-state index in [1.165, 1.54) is 0 Å². The Kier molecular flexibility index (Phi) is 3.35. The van der Waals surface area contributed by atoms with Gasteiger partial charge in [-0.3, -0.25) is 5.10 Å². The standard InChI is InChI=1S/C18H15N5O/c1-11-10-16(23-22-11)20-17-12-6-2-4-8-14(12)19-18(21-17)13-7-3-5-9-15(13)24/h2-10,24H,1H3,(H2,19,20,21,22,23). The number of anilines is 2. The minimum Gasteiger partial charge on any atom is -0.507 e. The zero-order valence-electron chi connectivity index (χ0n) is 13.0. The number of aryl methyl sites for hydroxylation is 1. The Labute approximate surface area is 138 Å². The van der Waals surface area contributed by atoms with Gasteiger partial charge in [0.1, 0.15) is 11.6 Å². The number of para-hydroxylation sites is 2. The molecule has 6 nitrogen and oxygen atoms in total. The van der Waals surface area contributed by atoms with Crippen LogP contribution in [0.1, 0.15) is 5.69 Å². The lowest BCUT2D eigenvalue weighted by atomic mass is 10.1. The summed E-state index contributed by atoms with van der Waals surface area (Å²) in [4.78, 5) is 9.17. The molecule has 0 spiro atoms. The second-order valence-electron chi connectivity index (χ2n) is 5.49. The maximum absolute atomic E-state index is 10.1. The van der Waals surface area contributed by atoms with Gasteiger partial charge in [-0.2, -0.15) is 5.10 Å². The van der Waals surface area contributed by atoms with Crippen molar-refractivity contribution in [3.05, 3.63) is 60.3 Å². The van der Waals surface area contributed by atoms with Crippen LogP contribution in [0.4, 0.5) is 11.6 Å². The SMILES string of the molecule is Cc1cc(Nc2nc(-c3ccccc3O)nc3ccccc23)n[nH]1. The van der Waals surface area contributed by atoms with Crippen molar-refractivity contribution in [2.24, 2.45) is 0 Å². The van der Waals surface area contributed by atoms with E-state index in [9.17, 15) is 5.11 Å². The second kappa shape index (κ2) is 5.66. The van der Waals surface area contributed by atoms with Crippen molar-refractivity contribution in [3.63, 3.8) is 0 Å². The Balaban J connectivity index is 1.89. The van der Waals surface area contributed by atoms with Gasteiger partial charge in [0, 0.05) is 17.1 Å². The first kappa shape index (κ1) is 14.2. The summed E-state index contributed by atoms with van der Waals surface area (Å²) in [6.07, 6.45) is 0. The Hall–Kier alpha value is -3.41. The number of phenolic OH excluding ortho intramolecular Hbond substituents is 1. The number of hydrogen-bond donors (Lipinski definition) is 3. The van der Waals surface area contributed by atoms with Crippen LogP contribution in [0.25, 0.3) is 22.3 Å². The van der Waals surface area contributed by atoms with E-state index in [0.29, 0.717) is 23.0 Å². The molecule has 24 heavy (non-hydrogen) atoms. The number of rotatable bonds is 3. The van der Waals surface area contributed by atoms with Gasteiger partial charge in [0.15, 0.2) is 11.6 Å². The van der Waals surface area contributed by atoms with Crippen LogP contribution < -0.4 is 5.32 Å². The number of H-pyrrole nitrogens is 1. The Bertz CT molecular complexity index is 1020. The molecular weight excluding hydrogens is 302 g/mol. The molecule has 3 N–H and O–H groups in total. The van der Waals surface area contributed by atoms with E-state index in [0.717, 1.165) is 16.6 Å². The molecule has 0 saturated carbocycles. The van der Waals surface area contributed by atoms with E-state index >= 15 is 0 Å². The van der Waals surface area contributed by atoms with Gasteiger partial charge in [-0.1, -0.05) is 24.3 Å². The third-order valence-electron chi connectivity index (χ3n) is 3.70. The summed E-state index contributed by atoms with van der Waals surface area (Å²) in [5, 5.41) is 21.3. The molecule has 0 bridgehead atoms. The van der Waals surface area contributed by atoms with E-state index in [4.69, 9.17) is 0 Å². The van der Waals surface area contributed by atoms with Crippen molar-refractivity contribution < 1.29 is 5.11 Å². The fourth-order valence-electron chi connectivity index (χ4n) is 2.56. The van der Waals surface area contributed by atoms with Crippen LogP contribution >= 0.6 is 0 Å². The van der Waals surface area contributed by atoms with E-state index in [2.05, 4.69) is 25.5 Å². The third kappa shape index (κ3) is 2.54. The monoisotopic (exact) mass is 317 g/mol. The predicted molar refractivity (Wildman–Crippen MR) is 93.2 cm³/mol. The molecule has 0 saturated heterocycles. The van der Waals surface area contributed by atoms with Crippen LogP contribution in [0.2, 0.25) is 0 Å². The van der Waals surface area contributed by atoms with Crippen molar-refractivity contribution in [3.8, 4) is 17.1 Å². The molecule has 2 aromatic carbocycles. The van der Waals surface area contributed by atoms with Gasteiger partial charge >= 0.3 is 0 Å². The number of benzene rings is 2. The third-order valence-corrected chi connectivity index (χ3v) is 3.70. The Morgan fingerprint density at radius 3 is 2.58 bits per heavy atom. The highest BCUT2D eigenvalue weighted by Crippen LogP contribution is 2.30. The molecular formula is C18H15N5O. The van der Waals surface area contributed by atoms with E-state index in [1.54, 1.807) is 18.2 Å². The number of nitrogens with one attached hydrogen (secondary N) is 2. The molecule has 0 atom stereocenters. The van der Waals surface area contributed by atoms with Crippen LogP contribution in [0, 0.1) is 6.92 Å². The van der Waals surface area contributed by atoms with Crippen molar-refractivity contribution in [2.75, 3.05) is 5.32 Å². The predicted octanol–water partition coefficient (Wildman–Crippen LogP) is 3.78. The van der Waals surface area contributed by atoms with Crippen molar-refractivity contribution in [2.45, 2.75) is 6.92 Å². The summed E-state index contributed by atoms with van der Waals surface area (Å²) >= 11 is 0. The van der Waals surface area contributed by atoms with Crippen LogP contribution in [-0.2, 0) is 0 Å². The summed E-state index contributed by atoms with van der Waals surface area (Å²) < 4.78 is 0. The molecule has 4 rings (SSSR count). The highest BCUT2D eigenvalue weighted by atomic mass is 16.3. The van der Waals surface area contributed by atoms with Crippen molar-refractivity contribution in [1.82, 2.24) is 20.2 Å². The molecule has 0 aliphatic carbocycles. The van der Waals surface area contributed by atoms with Crippen LogP contribution in [0.3, 0.4) is 0 Å². The Morgan fingerprint density at radius 1 is 1.00 bits per heavy atom. The highest BCUT2D eigenvalue weighted by Gasteiger charge is 2.12. The van der Waals surface area contributed by atoms with Crippen LogP contribution in [-0.4, -0.2) is 25.3 Å². The summed E-state index contributed by atoms with van der Waals surface area (Å²) in [5.41, 5.74) is 2.34. The van der Waals surface area contributed by atoms with E-state index in [-0.39, 0.29) is 5.75 Å². The molecule has 2 aromatic heterocycles. The number of aromatic amines is 1. The molecule has 0 amide bonds. The minimum absolute atomic E-state index is 0.148. The lowest BCUT2D eigenvalue weighted by Gasteiger charge is -2.10. The zero-order chi connectivity index (χ0) is 16.5. The van der Waals surface area contributed by atoms with Gasteiger partial charge in [-0.05, 0) is 31.2 Å². The molecule has 2 heterocycles. The topological polar surface area (TPSA) is 86.7 Å². The second-order valence-corrected chi connectivity index (χ2v) is 5.49. The van der Waals surface area contributed by atoms with Gasteiger partial charge in [0.05, 0.1) is 11.1 Å². The smallest absolute Gasteiger partial charge is 0.165 e. The molecule has 6 heteroatoms. The summed E-state index contributed by atoms with van der Waals surface area (Å²) in [6.45, 7) is 1.93. The number of hydrogen-bond acceptors (Lipinski definition) is 5. The zero-order valence-corrected chi connectivity index (χ0v) is 13.0. The lowest BCUT2D eigenvalue weighted by Crippen LogP contribution is -1.99. The first-order chi connectivity index (χ1) is 11.7.